The van der Waals surface area contributed by atoms with Gasteiger partial charge in [0.25, 0.3) is 5.91 Å². The molecule has 0 spiro atoms. The van der Waals surface area contributed by atoms with Crippen molar-refractivity contribution in [3.8, 4) is 0 Å². The van der Waals surface area contributed by atoms with E-state index < -0.39 is 0 Å². The zero-order chi connectivity index (χ0) is 15.1. The lowest BCUT2D eigenvalue weighted by Gasteiger charge is -2.01. The van der Waals surface area contributed by atoms with Gasteiger partial charge in [-0.05, 0) is 25.5 Å². The van der Waals surface area contributed by atoms with E-state index in [-0.39, 0.29) is 5.91 Å². The van der Waals surface area contributed by atoms with Gasteiger partial charge in [0.1, 0.15) is 9.71 Å². The molecule has 0 saturated carbocycles. The Bertz CT molecular complexity index is 849. The highest BCUT2D eigenvalue weighted by Gasteiger charge is 2.19. The monoisotopic (exact) mass is 301 g/mol. The minimum Gasteiger partial charge on any atom is -0.397 e. The van der Waals surface area contributed by atoms with Crippen LogP contribution in [0.1, 0.15) is 20.9 Å². The Morgan fingerprint density at radius 2 is 2.19 bits per heavy atom. The highest BCUT2D eigenvalue weighted by atomic mass is 32.1. The number of fused-ring (bicyclic) bond motifs is 1. The van der Waals surface area contributed by atoms with Gasteiger partial charge in [-0.25, -0.2) is 4.98 Å². The Balaban J connectivity index is 2.02. The van der Waals surface area contributed by atoms with E-state index in [2.05, 4.69) is 15.4 Å². The number of rotatable bonds is 2. The van der Waals surface area contributed by atoms with Crippen LogP contribution in [0.4, 0.5) is 11.4 Å². The third-order valence-electron chi connectivity index (χ3n) is 3.19. The largest absolute Gasteiger partial charge is 0.397 e. The Kier molecular flexibility index (Phi) is 3.13. The number of thiophene rings is 1. The maximum absolute atomic E-state index is 12.4. The number of nitrogens with two attached hydrogens (primary N) is 1. The maximum atomic E-state index is 12.4. The molecular weight excluding hydrogens is 286 g/mol. The fourth-order valence-electron chi connectivity index (χ4n) is 2.31. The fourth-order valence-corrected chi connectivity index (χ4v) is 3.42. The lowest BCUT2D eigenvalue weighted by atomic mass is 10.1. The van der Waals surface area contributed by atoms with Gasteiger partial charge in [-0.3, -0.25) is 9.48 Å². The molecule has 21 heavy (non-hydrogen) atoms. The number of aromatic nitrogens is 3. The molecule has 0 bridgehead atoms. The molecule has 0 atom stereocenters. The number of nitrogens with zero attached hydrogens (tertiary/aromatic N) is 3. The van der Waals surface area contributed by atoms with Crippen molar-refractivity contribution in [2.45, 2.75) is 13.8 Å². The lowest BCUT2D eigenvalue weighted by molar-refractivity contribution is 0.103. The molecule has 0 radical (unpaired) electrons. The van der Waals surface area contributed by atoms with Crippen LogP contribution in [0, 0.1) is 13.8 Å². The van der Waals surface area contributed by atoms with Crippen molar-refractivity contribution >= 4 is 38.8 Å². The molecule has 0 saturated heterocycles. The van der Waals surface area contributed by atoms with Gasteiger partial charge >= 0.3 is 0 Å². The zero-order valence-electron chi connectivity index (χ0n) is 12.0. The maximum Gasteiger partial charge on any atom is 0.268 e. The highest BCUT2D eigenvalue weighted by molar-refractivity contribution is 7.21. The van der Waals surface area contributed by atoms with E-state index in [4.69, 9.17) is 5.73 Å². The minimum absolute atomic E-state index is 0.236. The minimum atomic E-state index is -0.236. The fraction of sp³-hybridized carbons (Fsp3) is 0.214. The number of hydrogen-bond donors (Lipinski definition) is 2. The van der Waals surface area contributed by atoms with Crippen molar-refractivity contribution in [1.82, 2.24) is 14.8 Å². The predicted molar refractivity (Wildman–Crippen MR) is 84.7 cm³/mol. The van der Waals surface area contributed by atoms with Gasteiger partial charge in [-0.1, -0.05) is 0 Å². The smallest absolute Gasteiger partial charge is 0.268 e. The van der Waals surface area contributed by atoms with Crippen LogP contribution in [0.15, 0.2) is 18.5 Å². The number of carbonyl (C=O) groups excluding carboxylic acids is 1. The molecule has 0 aliphatic heterocycles. The van der Waals surface area contributed by atoms with Crippen LogP contribution in [-0.2, 0) is 7.05 Å². The molecule has 0 unspecified atom stereocenters. The van der Waals surface area contributed by atoms with Crippen LogP contribution >= 0.6 is 11.3 Å². The van der Waals surface area contributed by atoms with E-state index in [0.717, 1.165) is 21.5 Å². The van der Waals surface area contributed by atoms with Gasteiger partial charge in [0, 0.05) is 24.3 Å². The molecule has 7 heteroatoms. The highest BCUT2D eigenvalue weighted by Crippen LogP contribution is 2.35. The SMILES string of the molecule is Cc1cc(C)c2c(N)c(C(=O)Nc3cnn(C)c3)sc2n1. The number of aryl methyl sites for hydroxylation is 3. The lowest BCUT2D eigenvalue weighted by Crippen LogP contribution is -2.11. The van der Waals surface area contributed by atoms with Crippen LogP contribution in [0.2, 0.25) is 0 Å². The second-order valence-corrected chi connectivity index (χ2v) is 5.96. The first-order chi connectivity index (χ1) is 9.95. The third-order valence-corrected chi connectivity index (χ3v) is 4.29. The van der Waals surface area contributed by atoms with Crippen LogP contribution in [0.3, 0.4) is 0 Å². The van der Waals surface area contributed by atoms with Gasteiger partial charge in [-0.15, -0.1) is 11.3 Å². The first-order valence-corrected chi connectivity index (χ1v) is 7.23. The molecule has 0 aliphatic rings. The summed E-state index contributed by atoms with van der Waals surface area (Å²) in [6, 6.07) is 1.97. The molecule has 0 fully saturated rings. The number of hydrogen-bond acceptors (Lipinski definition) is 5. The molecule has 108 valence electrons. The van der Waals surface area contributed by atoms with Crippen molar-refractivity contribution in [2.24, 2.45) is 7.05 Å². The number of pyridine rings is 1. The summed E-state index contributed by atoms with van der Waals surface area (Å²) in [5.74, 6) is -0.236. The van der Waals surface area contributed by atoms with Gasteiger partial charge in [0.15, 0.2) is 0 Å². The third kappa shape index (κ3) is 2.36. The molecule has 3 rings (SSSR count). The second-order valence-electron chi connectivity index (χ2n) is 4.96. The number of carbonyl (C=O) groups is 1. The summed E-state index contributed by atoms with van der Waals surface area (Å²) in [7, 11) is 1.79. The summed E-state index contributed by atoms with van der Waals surface area (Å²) in [6.07, 6.45) is 3.32. The first-order valence-electron chi connectivity index (χ1n) is 6.42. The summed E-state index contributed by atoms with van der Waals surface area (Å²) < 4.78 is 1.62. The molecule has 0 aliphatic carbocycles. The van der Waals surface area contributed by atoms with Crippen molar-refractivity contribution < 1.29 is 4.79 Å². The topological polar surface area (TPSA) is 85.8 Å². The van der Waals surface area contributed by atoms with Crippen molar-refractivity contribution in [2.75, 3.05) is 11.1 Å². The Hall–Kier alpha value is -2.41. The number of amides is 1. The van der Waals surface area contributed by atoms with Crippen molar-refractivity contribution in [3.63, 3.8) is 0 Å². The van der Waals surface area contributed by atoms with Gasteiger partial charge in [-0.2, -0.15) is 5.10 Å². The predicted octanol–water partition coefficient (Wildman–Crippen LogP) is 2.48. The molecule has 6 nitrogen and oxygen atoms in total. The van der Waals surface area contributed by atoms with E-state index in [1.807, 2.05) is 19.9 Å². The van der Waals surface area contributed by atoms with E-state index >= 15 is 0 Å². The normalized spacial score (nSPS) is 11.0. The van der Waals surface area contributed by atoms with Gasteiger partial charge < -0.3 is 11.1 Å². The first kappa shape index (κ1) is 13.6. The van der Waals surface area contributed by atoms with E-state index in [1.165, 1.54) is 11.3 Å². The Morgan fingerprint density at radius 1 is 1.43 bits per heavy atom. The average Bonchev–Trinajstić information content (AvgIpc) is 2.93. The molecule has 3 aromatic rings. The molecule has 3 N–H and O–H groups in total. The quantitative estimate of drug-likeness (QED) is 0.761. The van der Waals surface area contributed by atoms with Crippen LogP contribution < -0.4 is 11.1 Å². The number of anilines is 2. The van der Waals surface area contributed by atoms with E-state index in [9.17, 15) is 4.79 Å². The molecule has 1 amide bonds. The summed E-state index contributed by atoms with van der Waals surface area (Å²) >= 11 is 1.31. The van der Waals surface area contributed by atoms with Crippen molar-refractivity contribution in [3.05, 3.63) is 34.6 Å². The molecule has 0 aromatic carbocycles. The zero-order valence-corrected chi connectivity index (χ0v) is 12.8. The molecular formula is C14H15N5OS. The van der Waals surface area contributed by atoms with Gasteiger partial charge in [0.2, 0.25) is 0 Å². The van der Waals surface area contributed by atoms with Crippen LogP contribution in [-0.4, -0.2) is 20.7 Å². The second kappa shape index (κ2) is 4.85. The number of nitrogens with one attached hydrogen (secondary N) is 1. The summed E-state index contributed by atoms with van der Waals surface area (Å²) in [6.45, 7) is 3.90. The van der Waals surface area contributed by atoms with Crippen molar-refractivity contribution in [1.29, 1.82) is 0 Å². The van der Waals surface area contributed by atoms with E-state index in [0.29, 0.717) is 16.3 Å². The standard InChI is InChI=1S/C14H15N5OS/c1-7-4-8(2)17-14-10(7)11(15)12(21-14)13(20)18-9-5-16-19(3)6-9/h4-6H,15H2,1-3H3,(H,18,20). The Labute approximate surface area is 125 Å². The Morgan fingerprint density at radius 3 is 2.86 bits per heavy atom. The average molecular weight is 301 g/mol. The summed E-state index contributed by atoms with van der Waals surface area (Å²) in [5, 5.41) is 7.67. The van der Waals surface area contributed by atoms with Crippen LogP contribution in [0.5, 0.6) is 0 Å². The summed E-state index contributed by atoms with van der Waals surface area (Å²) in [4.78, 5) is 18.1. The van der Waals surface area contributed by atoms with Gasteiger partial charge in [0.05, 0.1) is 17.6 Å². The summed E-state index contributed by atoms with van der Waals surface area (Å²) in [5.41, 5.74) is 9.22. The molecule has 3 heterocycles. The molecule has 3 aromatic heterocycles. The number of nitrogen functional groups attached to an aromatic ring is 1. The van der Waals surface area contributed by atoms with E-state index in [1.54, 1.807) is 24.1 Å². The van der Waals surface area contributed by atoms with Crippen LogP contribution in [0.25, 0.3) is 10.2 Å².